The summed E-state index contributed by atoms with van der Waals surface area (Å²) in [5.41, 5.74) is 3.17. The number of hydrogen-bond donors (Lipinski definition) is 0. The Hall–Kier alpha value is -2.85. The van der Waals surface area contributed by atoms with Crippen LogP contribution in [0.4, 0.5) is 5.69 Å². The Morgan fingerprint density at radius 1 is 1.12 bits per heavy atom. The van der Waals surface area contributed by atoms with Crippen molar-refractivity contribution in [1.29, 1.82) is 0 Å². The number of benzene rings is 2. The summed E-state index contributed by atoms with van der Waals surface area (Å²) in [6, 6.07) is 16.3. The van der Waals surface area contributed by atoms with E-state index in [1.165, 1.54) is 6.07 Å². The third kappa shape index (κ3) is 3.24. The Morgan fingerprint density at radius 2 is 1.88 bits per heavy atom. The van der Waals surface area contributed by atoms with Gasteiger partial charge in [-0.1, -0.05) is 23.7 Å². The number of halogens is 1. The van der Waals surface area contributed by atoms with E-state index < -0.39 is 5.97 Å². The maximum atomic E-state index is 11.1. The number of carboxylic acids is 1. The largest absolute Gasteiger partial charge is 0.545 e. The van der Waals surface area contributed by atoms with E-state index in [1.54, 1.807) is 25.3 Å². The van der Waals surface area contributed by atoms with Crippen molar-refractivity contribution >= 4 is 29.5 Å². The first-order valence-corrected chi connectivity index (χ1v) is 7.72. The van der Waals surface area contributed by atoms with Gasteiger partial charge in [-0.2, -0.15) is 0 Å². The minimum absolute atomic E-state index is 0.151. The predicted molar refractivity (Wildman–Crippen MR) is 93.5 cm³/mol. The molecule has 0 saturated heterocycles. The van der Waals surface area contributed by atoms with Gasteiger partial charge in [-0.3, -0.25) is 4.99 Å². The molecular formula is C19H14ClN2O2-. The van der Waals surface area contributed by atoms with Crippen LogP contribution in [0.5, 0.6) is 0 Å². The van der Waals surface area contributed by atoms with Crippen molar-refractivity contribution in [3.8, 4) is 5.69 Å². The van der Waals surface area contributed by atoms with Crippen LogP contribution in [0, 0.1) is 6.92 Å². The van der Waals surface area contributed by atoms with Crippen molar-refractivity contribution in [1.82, 2.24) is 4.57 Å². The number of carboxylic acid groups (broad SMARTS) is 1. The van der Waals surface area contributed by atoms with Crippen LogP contribution in [0.3, 0.4) is 0 Å². The van der Waals surface area contributed by atoms with Crippen molar-refractivity contribution in [2.75, 3.05) is 0 Å². The molecule has 24 heavy (non-hydrogen) atoms. The van der Waals surface area contributed by atoms with Crippen LogP contribution in [-0.2, 0) is 0 Å². The molecule has 0 unspecified atom stereocenters. The maximum Gasteiger partial charge on any atom is 0.0718 e. The summed E-state index contributed by atoms with van der Waals surface area (Å²) in [4.78, 5) is 15.5. The molecule has 4 nitrogen and oxygen atoms in total. The van der Waals surface area contributed by atoms with Gasteiger partial charge in [0.15, 0.2) is 0 Å². The lowest BCUT2D eigenvalue weighted by Crippen LogP contribution is -2.23. The molecule has 0 aliphatic heterocycles. The zero-order valence-electron chi connectivity index (χ0n) is 12.9. The molecular weight excluding hydrogens is 324 g/mol. The topological polar surface area (TPSA) is 57.4 Å². The summed E-state index contributed by atoms with van der Waals surface area (Å²) in [6.07, 6.45) is 3.63. The van der Waals surface area contributed by atoms with Gasteiger partial charge in [0.1, 0.15) is 0 Å². The lowest BCUT2D eigenvalue weighted by molar-refractivity contribution is -0.255. The van der Waals surface area contributed by atoms with Gasteiger partial charge < -0.3 is 14.5 Å². The highest BCUT2D eigenvalue weighted by molar-refractivity contribution is 6.30. The van der Waals surface area contributed by atoms with Crippen molar-refractivity contribution in [3.63, 3.8) is 0 Å². The molecule has 5 heteroatoms. The average Bonchev–Trinajstić information content (AvgIpc) is 3.03. The summed E-state index contributed by atoms with van der Waals surface area (Å²) in [7, 11) is 0. The molecule has 0 spiro atoms. The van der Waals surface area contributed by atoms with E-state index in [0.29, 0.717) is 16.3 Å². The summed E-state index contributed by atoms with van der Waals surface area (Å²) in [6.45, 7) is 1.72. The second kappa shape index (κ2) is 6.72. The molecule has 0 N–H and O–H groups in total. The Labute approximate surface area is 144 Å². The summed E-state index contributed by atoms with van der Waals surface area (Å²) < 4.78 is 1.97. The van der Waals surface area contributed by atoms with Gasteiger partial charge in [-0.25, -0.2) is 0 Å². The quantitative estimate of drug-likeness (QED) is 0.683. The number of carbonyl (C=O) groups is 1. The molecule has 0 saturated carbocycles. The van der Waals surface area contributed by atoms with Gasteiger partial charge in [0.2, 0.25) is 0 Å². The van der Waals surface area contributed by atoms with E-state index in [1.807, 2.05) is 47.2 Å². The minimum atomic E-state index is -1.20. The molecule has 3 aromatic rings. The second-order valence-corrected chi connectivity index (χ2v) is 5.71. The molecule has 0 radical (unpaired) electrons. The number of aromatic nitrogens is 1. The molecule has 0 aliphatic carbocycles. The second-order valence-electron chi connectivity index (χ2n) is 5.27. The monoisotopic (exact) mass is 337 g/mol. The summed E-state index contributed by atoms with van der Waals surface area (Å²) >= 11 is 5.92. The van der Waals surface area contributed by atoms with Gasteiger partial charge >= 0.3 is 0 Å². The van der Waals surface area contributed by atoms with Crippen molar-refractivity contribution in [2.45, 2.75) is 6.92 Å². The van der Waals surface area contributed by atoms with Crippen LogP contribution < -0.4 is 5.11 Å². The summed E-state index contributed by atoms with van der Waals surface area (Å²) in [5, 5.41) is 11.8. The normalized spacial score (nSPS) is 11.1. The number of hydrogen-bond acceptors (Lipinski definition) is 3. The molecule has 0 amide bonds. The Bertz CT molecular complexity index is 911. The predicted octanol–water partition coefficient (Wildman–Crippen LogP) is 3.55. The maximum absolute atomic E-state index is 11.1. The third-order valence-electron chi connectivity index (χ3n) is 3.75. The van der Waals surface area contributed by atoms with Crippen LogP contribution in [0.1, 0.15) is 21.6 Å². The fourth-order valence-electron chi connectivity index (χ4n) is 2.46. The zero-order valence-corrected chi connectivity index (χ0v) is 13.7. The number of aliphatic imine (C=N–C) groups is 1. The fourth-order valence-corrected chi connectivity index (χ4v) is 2.58. The number of carbonyl (C=O) groups excluding carboxylic acids is 1. The fraction of sp³-hybridized carbons (Fsp3) is 0.0526. The number of rotatable bonds is 4. The van der Waals surface area contributed by atoms with Crippen LogP contribution in [0.2, 0.25) is 5.02 Å². The Balaban J connectivity index is 1.94. The average molecular weight is 338 g/mol. The first kappa shape index (κ1) is 16.0. The molecule has 0 aliphatic rings. The molecule has 0 fully saturated rings. The van der Waals surface area contributed by atoms with Crippen LogP contribution in [-0.4, -0.2) is 16.8 Å². The molecule has 0 atom stereocenters. The molecule has 1 aromatic heterocycles. The van der Waals surface area contributed by atoms with E-state index >= 15 is 0 Å². The zero-order chi connectivity index (χ0) is 17.1. The number of aromatic carboxylic acids is 1. The molecule has 120 valence electrons. The van der Waals surface area contributed by atoms with E-state index in [4.69, 9.17) is 11.6 Å². The molecule has 1 heterocycles. The van der Waals surface area contributed by atoms with Crippen LogP contribution >= 0.6 is 11.6 Å². The Kier molecular flexibility index (Phi) is 4.49. The van der Waals surface area contributed by atoms with Gasteiger partial charge in [0, 0.05) is 22.5 Å². The van der Waals surface area contributed by atoms with Gasteiger partial charge in [0.05, 0.1) is 23.6 Å². The lowest BCUT2D eigenvalue weighted by Gasteiger charge is -2.09. The molecule has 3 rings (SSSR count). The first-order chi connectivity index (χ1) is 11.6. The number of nitrogens with zero attached hydrogens (tertiary/aromatic N) is 2. The SMILES string of the molecule is Cc1c(N=Cc2cccn2-c2ccc(Cl)cc2)cccc1C(=O)[O-]. The highest BCUT2D eigenvalue weighted by atomic mass is 35.5. The van der Waals surface area contributed by atoms with E-state index in [0.717, 1.165) is 11.4 Å². The van der Waals surface area contributed by atoms with Gasteiger partial charge in [0.25, 0.3) is 0 Å². The Morgan fingerprint density at radius 3 is 2.58 bits per heavy atom. The third-order valence-corrected chi connectivity index (χ3v) is 4.00. The first-order valence-electron chi connectivity index (χ1n) is 7.34. The van der Waals surface area contributed by atoms with Gasteiger partial charge in [-0.15, -0.1) is 0 Å². The van der Waals surface area contributed by atoms with E-state index in [2.05, 4.69) is 4.99 Å². The van der Waals surface area contributed by atoms with Crippen molar-refractivity contribution in [3.05, 3.63) is 82.6 Å². The highest BCUT2D eigenvalue weighted by Gasteiger charge is 2.05. The van der Waals surface area contributed by atoms with Crippen molar-refractivity contribution in [2.24, 2.45) is 4.99 Å². The van der Waals surface area contributed by atoms with Gasteiger partial charge in [-0.05, 0) is 55.0 Å². The van der Waals surface area contributed by atoms with Crippen LogP contribution in [0.15, 0.2) is 65.8 Å². The lowest BCUT2D eigenvalue weighted by atomic mass is 10.1. The summed E-state index contributed by atoms with van der Waals surface area (Å²) in [5.74, 6) is -1.20. The standard InChI is InChI=1S/C19H15ClN2O2/c1-13-17(19(23)24)5-2-6-18(13)21-12-16-4-3-11-22(16)15-9-7-14(20)8-10-15/h2-12H,1H3,(H,23,24)/p-1. The smallest absolute Gasteiger partial charge is 0.0718 e. The van der Waals surface area contributed by atoms with E-state index in [-0.39, 0.29) is 5.56 Å². The minimum Gasteiger partial charge on any atom is -0.545 e. The highest BCUT2D eigenvalue weighted by Crippen LogP contribution is 2.22. The van der Waals surface area contributed by atoms with Crippen molar-refractivity contribution < 1.29 is 9.90 Å². The van der Waals surface area contributed by atoms with E-state index in [9.17, 15) is 9.90 Å². The van der Waals surface area contributed by atoms with Crippen LogP contribution in [0.25, 0.3) is 5.69 Å². The molecule has 0 bridgehead atoms. The molecule has 2 aromatic carbocycles.